The lowest BCUT2D eigenvalue weighted by Crippen LogP contribution is -2.39. The summed E-state index contributed by atoms with van der Waals surface area (Å²) in [7, 11) is -4.43. The van der Waals surface area contributed by atoms with Gasteiger partial charge in [0.05, 0.1) is 24.0 Å². The Morgan fingerprint density at radius 1 is 0.941 bits per heavy atom. The topological polar surface area (TPSA) is 93.2 Å². The van der Waals surface area contributed by atoms with Gasteiger partial charge in [-0.3, -0.25) is 0 Å². The largest absolute Gasteiger partial charge is 0.493 e. The number of sulfonamides is 2. The maximum absolute atomic E-state index is 13.6. The Morgan fingerprint density at radius 2 is 1.62 bits per heavy atom. The molecule has 0 amide bonds. The van der Waals surface area contributed by atoms with Crippen molar-refractivity contribution in [2.45, 2.75) is 55.0 Å². The molecule has 8 nitrogen and oxygen atoms in total. The molecule has 1 heterocycles. The van der Waals surface area contributed by atoms with E-state index in [1.54, 1.807) is 12.1 Å². The summed E-state index contributed by atoms with van der Waals surface area (Å²) in [6.07, 6.45) is 3.41. The van der Waals surface area contributed by atoms with Gasteiger partial charge in [-0.15, -0.1) is 0 Å². The van der Waals surface area contributed by atoms with E-state index < -0.39 is 20.0 Å². The van der Waals surface area contributed by atoms with Gasteiger partial charge in [-0.2, -0.15) is 8.61 Å². The average Bonchev–Trinajstić information content (AvgIpc) is 3.67. The summed E-state index contributed by atoms with van der Waals surface area (Å²) in [4.78, 5) is 0.195. The molecule has 1 saturated carbocycles. The number of para-hydroxylation sites is 1. The maximum Gasteiger partial charge on any atom is 0.243 e. The predicted octanol–water partition coefficient (Wildman–Crippen LogP) is 3.48. The van der Waals surface area contributed by atoms with Gasteiger partial charge in [-0.1, -0.05) is 19.1 Å². The number of piperidine rings is 1. The first-order chi connectivity index (χ1) is 16.2. The van der Waals surface area contributed by atoms with Gasteiger partial charge < -0.3 is 9.47 Å². The van der Waals surface area contributed by atoms with E-state index in [1.807, 2.05) is 13.0 Å². The number of nitrogens with zero attached hydrogens (tertiary/aromatic N) is 2. The molecule has 1 aliphatic carbocycles. The Labute approximate surface area is 202 Å². The summed E-state index contributed by atoms with van der Waals surface area (Å²) in [6, 6.07) is 10.9. The minimum absolute atomic E-state index is 0.0761. The van der Waals surface area contributed by atoms with Crippen LogP contribution in [-0.2, 0) is 26.6 Å². The highest BCUT2D eigenvalue weighted by atomic mass is 32.2. The summed E-state index contributed by atoms with van der Waals surface area (Å²) in [6.45, 7) is 3.16. The molecule has 1 atom stereocenters. The molecule has 0 spiro atoms. The van der Waals surface area contributed by atoms with E-state index in [4.69, 9.17) is 9.47 Å². The molecule has 2 aromatic rings. The Bertz CT molecular complexity index is 1220. The van der Waals surface area contributed by atoms with Crippen LogP contribution in [0.3, 0.4) is 0 Å². The quantitative estimate of drug-likeness (QED) is 0.515. The third-order valence-corrected chi connectivity index (χ3v) is 10.2. The first kappa shape index (κ1) is 25.0. The molecule has 0 radical (unpaired) electrons. The third kappa shape index (κ3) is 4.95. The number of rotatable bonds is 9. The maximum atomic E-state index is 13.6. The lowest BCUT2D eigenvalue weighted by Gasteiger charge is -2.30. The van der Waals surface area contributed by atoms with Crippen molar-refractivity contribution in [1.29, 1.82) is 0 Å². The Balaban J connectivity index is 1.60. The van der Waals surface area contributed by atoms with Crippen molar-refractivity contribution in [2.75, 3.05) is 27.3 Å². The van der Waals surface area contributed by atoms with Crippen molar-refractivity contribution >= 4 is 20.0 Å². The highest BCUT2D eigenvalue weighted by molar-refractivity contribution is 7.89. The van der Waals surface area contributed by atoms with Gasteiger partial charge in [0.2, 0.25) is 20.0 Å². The van der Waals surface area contributed by atoms with Crippen LogP contribution >= 0.6 is 0 Å². The number of benzene rings is 2. The standard InChI is InChI=1S/C24H32N2O6S2/c1-18-6-5-15-25(16-18)33(27,28)21-11-13-22(14-12-21)34(29,30)26(20-9-10-20)17-19-7-4-8-23(31-2)24(19)32-3/h4,7-8,11-14,18,20H,5-6,9-10,15-17H2,1-3H3/t18-/m1/s1. The van der Waals surface area contributed by atoms with Crippen molar-refractivity contribution in [3.63, 3.8) is 0 Å². The molecule has 34 heavy (non-hydrogen) atoms. The molecule has 4 rings (SSSR count). The van der Waals surface area contributed by atoms with Crippen molar-refractivity contribution in [1.82, 2.24) is 8.61 Å². The third-order valence-electron chi connectivity index (χ3n) is 6.45. The highest BCUT2D eigenvalue weighted by Crippen LogP contribution is 2.38. The van der Waals surface area contributed by atoms with Crippen LogP contribution in [0.25, 0.3) is 0 Å². The van der Waals surface area contributed by atoms with E-state index in [-0.39, 0.29) is 22.4 Å². The fourth-order valence-corrected chi connectivity index (χ4v) is 7.71. The summed E-state index contributed by atoms with van der Waals surface area (Å²) >= 11 is 0. The van der Waals surface area contributed by atoms with E-state index in [0.29, 0.717) is 36.1 Å². The van der Waals surface area contributed by atoms with Crippen molar-refractivity contribution in [3.8, 4) is 11.5 Å². The predicted molar refractivity (Wildman–Crippen MR) is 129 cm³/mol. The minimum atomic E-state index is -3.85. The molecule has 0 aromatic heterocycles. The fraction of sp³-hybridized carbons (Fsp3) is 0.500. The molecular formula is C24H32N2O6S2. The van der Waals surface area contributed by atoms with Gasteiger partial charge >= 0.3 is 0 Å². The van der Waals surface area contributed by atoms with E-state index in [1.165, 1.54) is 47.1 Å². The second-order valence-electron chi connectivity index (χ2n) is 9.02. The number of hydrogen-bond acceptors (Lipinski definition) is 6. The number of methoxy groups -OCH3 is 2. The molecule has 0 unspecified atom stereocenters. The molecule has 1 aliphatic heterocycles. The van der Waals surface area contributed by atoms with Crippen LogP contribution in [0.4, 0.5) is 0 Å². The zero-order chi connectivity index (χ0) is 24.5. The second-order valence-corrected chi connectivity index (χ2v) is 12.8. The first-order valence-corrected chi connectivity index (χ1v) is 14.4. The van der Waals surface area contributed by atoms with Gasteiger partial charge in [-0.25, -0.2) is 16.8 Å². The van der Waals surface area contributed by atoms with E-state index in [0.717, 1.165) is 25.7 Å². The van der Waals surface area contributed by atoms with Crippen LogP contribution < -0.4 is 9.47 Å². The van der Waals surface area contributed by atoms with Crippen LogP contribution in [0.2, 0.25) is 0 Å². The molecule has 1 saturated heterocycles. The van der Waals surface area contributed by atoms with Gasteiger partial charge in [-0.05, 0) is 61.9 Å². The molecule has 2 aromatic carbocycles. The van der Waals surface area contributed by atoms with Gasteiger partial charge in [0.15, 0.2) is 11.5 Å². The van der Waals surface area contributed by atoms with Crippen molar-refractivity contribution in [3.05, 3.63) is 48.0 Å². The lowest BCUT2D eigenvalue weighted by molar-refractivity contribution is 0.281. The molecule has 2 fully saturated rings. The first-order valence-electron chi connectivity index (χ1n) is 11.5. The lowest BCUT2D eigenvalue weighted by atomic mass is 10.0. The van der Waals surface area contributed by atoms with Crippen LogP contribution in [0.15, 0.2) is 52.3 Å². The Kier molecular flexibility index (Phi) is 7.23. The molecular weight excluding hydrogens is 476 g/mol. The van der Waals surface area contributed by atoms with Crippen LogP contribution in [0.5, 0.6) is 11.5 Å². The van der Waals surface area contributed by atoms with Gasteiger partial charge in [0.25, 0.3) is 0 Å². The van der Waals surface area contributed by atoms with Gasteiger partial charge in [0, 0.05) is 31.2 Å². The zero-order valence-corrected chi connectivity index (χ0v) is 21.4. The summed E-state index contributed by atoms with van der Waals surface area (Å²) in [5.74, 6) is 1.35. The Hall–Kier alpha value is -2.14. The minimum Gasteiger partial charge on any atom is -0.493 e. The molecule has 2 aliphatic rings. The van der Waals surface area contributed by atoms with E-state index >= 15 is 0 Å². The highest BCUT2D eigenvalue weighted by Gasteiger charge is 2.39. The van der Waals surface area contributed by atoms with Crippen LogP contribution in [0.1, 0.15) is 38.2 Å². The fourth-order valence-electron chi connectivity index (χ4n) is 4.45. The smallest absolute Gasteiger partial charge is 0.243 e. The van der Waals surface area contributed by atoms with E-state index in [2.05, 4.69) is 0 Å². The normalized spacial score (nSPS) is 19.8. The summed E-state index contributed by atoms with van der Waals surface area (Å²) < 4.78 is 67.1. The average molecular weight is 509 g/mol. The SMILES string of the molecule is COc1cccc(CN(C2CC2)S(=O)(=O)c2ccc(S(=O)(=O)N3CCC[C@@H](C)C3)cc2)c1OC. The molecule has 186 valence electrons. The molecule has 10 heteroatoms. The molecule has 0 N–H and O–H groups in total. The zero-order valence-electron chi connectivity index (χ0n) is 19.8. The van der Waals surface area contributed by atoms with Crippen molar-refractivity contribution < 1.29 is 26.3 Å². The summed E-state index contributed by atoms with van der Waals surface area (Å²) in [5.41, 5.74) is 0.704. The number of hydrogen-bond donors (Lipinski definition) is 0. The van der Waals surface area contributed by atoms with Crippen LogP contribution in [0, 0.1) is 5.92 Å². The number of ether oxygens (including phenoxy) is 2. The van der Waals surface area contributed by atoms with Crippen LogP contribution in [-0.4, -0.2) is 58.8 Å². The van der Waals surface area contributed by atoms with Gasteiger partial charge in [0.1, 0.15) is 0 Å². The second kappa shape index (κ2) is 9.85. The molecule has 0 bridgehead atoms. The monoisotopic (exact) mass is 508 g/mol. The Morgan fingerprint density at radius 3 is 2.21 bits per heavy atom. The van der Waals surface area contributed by atoms with Crippen molar-refractivity contribution in [2.24, 2.45) is 5.92 Å². The summed E-state index contributed by atoms with van der Waals surface area (Å²) in [5, 5.41) is 0. The van der Waals surface area contributed by atoms with E-state index in [9.17, 15) is 16.8 Å².